The van der Waals surface area contributed by atoms with E-state index in [-0.39, 0.29) is 22.7 Å². The highest BCUT2D eigenvalue weighted by Gasteiger charge is 2.33. The number of unbranched alkanes of at least 4 members (excludes halogenated alkanes) is 1. The van der Waals surface area contributed by atoms with Gasteiger partial charge in [-0.3, -0.25) is 9.52 Å². The molecular weight excluding hydrogens is 421 g/mol. The maximum absolute atomic E-state index is 12.8. The lowest BCUT2D eigenvalue weighted by Crippen LogP contribution is -2.39. The van der Waals surface area contributed by atoms with Crippen LogP contribution in [0.5, 0.6) is 5.75 Å². The van der Waals surface area contributed by atoms with Crippen LogP contribution in [-0.2, 0) is 10.0 Å². The van der Waals surface area contributed by atoms with Gasteiger partial charge in [0.05, 0.1) is 17.7 Å². The van der Waals surface area contributed by atoms with E-state index in [0.29, 0.717) is 18.6 Å². The number of hydrogen-bond donors (Lipinski definition) is 1. The number of ether oxygens (including phenoxy) is 1. The molecule has 0 aliphatic carbocycles. The number of carbonyl (C=O) groups is 1. The topological polar surface area (TPSA) is 75.7 Å². The zero-order chi connectivity index (χ0) is 22.4. The van der Waals surface area contributed by atoms with E-state index in [1.54, 1.807) is 18.2 Å². The fourth-order valence-corrected chi connectivity index (χ4v) is 3.78. The Bertz CT molecular complexity index is 961. The first kappa shape index (κ1) is 23.5. The Kier molecular flexibility index (Phi) is 7.71. The molecule has 0 spiro atoms. The maximum Gasteiger partial charge on any atom is 0.406 e. The highest BCUT2D eigenvalue weighted by atomic mass is 32.2. The van der Waals surface area contributed by atoms with Gasteiger partial charge in [0, 0.05) is 12.1 Å². The third kappa shape index (κ3) is 6.38. The summed E-state index contributed by atoms with van der Waals surface area (Å²) in [6, 6.07) is 11.2. The van der Waals surface area contributed by atoms with Crippen LogP contribution in [0.25, 0.3) is 0 Å². The minimum absolute atomic E-state index is 0.0217. The molecule has 0 aliphatic rings. The molecule has 0 aliphatic heterocycles. The van der Waals surface area contributed by atoms with Gasteiger partial charge in [0.15, 0.2) is 0 Å². The van der Waals surface area contributed by atoms with E-state index in [9.17, 15) is 26.4 Å². The molecule has 6 nitrogen and oxygen atoms in total. The normalized spacial score (nSPS) is 11.8. The molecule has 0 unspecified atom stereocenters. The van der Waals surface area contributed by atoms with Gasteiger partial charge in [0.1, 0.15) is 12.3 Å². The first-order valence-corrected chi connectivity index (χ1v) is 10.7. The van der Waals surface area contributed by atoms with Crippen LogP contribution < -0.4 is 9.46 Å². The Hall–Kier alpha value is -2.75. The van der Waals surface area contributed by atoms with Crippen LogP contribution in [-0.4, -0.2) is 45.6 Å². The zero-order valence-corrected chi connectivity index (χ0v) is 17.4. The van der Waals surface area contributed by atoms with Gasteiger partial charge >= 0.3 is 6.18 Å². The molecule has 0 fully saturated rings. The summed E-state index contributed by atoms with van der Waals surface area (Å²) in [6.45, 7) is 0.413. The quantitative estimate of drug-likeness (QED) is 0.626. The molecule has 0 bridgehead atoms. The fraction of sp³-hybridized carbons (Fsp3) is 0.350. The predicted molar refractivity (Wildman–Crippen MR) is 107 cm³/mol. The zero-order valence-electron chi connectivity index (χ0n) is 16.6. The second-order valence-corrected chi connectivity index (χ2v) is 8.21. The molecular formula is C20H23F3N2O4S. The molecule has 1 N–H and O–H groups in total. The summed E-state index contributed by atoms with van der Waals surface area (Å²) in [7, 11) is -2.58. The summed E-state index contributed by atoms with van der Waals surface area (Å²) in [5, 5.41) is 0. The lowest BCUT2D eigenvalue weighted by molar-refractivity contribution is -0.140. The molecule has 0 radical (unpaired) electrons. The summed E-state index contributed by atoms with van der Waals surface area (Å²) in [6.07, 6.45) is -3.46. The van der Waals surface area contributed by atoms with Gasteiger partial charge < -0.3 is 9.64 Å². The van der Waals surface area contributed by atoms with Gasteiger partial charge in [-0.25, -0.2) is 8.42 Å². The molecule has 1 amide bonds. The van der Waals surface area contributed by atoms with Crippen molar-refractivity contribution < 1.29 is 31.1 Å². The Balaban J connectivity index is 2.22. The van der Waals surface area contributed by atoms with Crippen LogP contribution in [0.4, 0.5) is 18.9 Å². The second-order valence-electron chi connectivity index (χ2n) is 6.53. The van der Waals surface area contributed by atoms with Gasteiger partial charge in [-0.2, -0.15) is 13.2 Å². The van der Waals surface area contributed by atoms with Crippen LogP contribution >= 0.6 is 0 Å². The Labute approximate surface area is 173 Å². The lowest BCUT2D eigenvalue weighted by atomic mass is 10.2. The number of hydrogen-bond acceptors (Lipinski definition) is 4. The van der Waals surface area contributed by atoms with Crippen molar-refractivity contribution in [1.29, 1.82) is 0 Å². The van der Waals surface area contributed by atoms with Crippen molar-refractivity contribution in [1.82, 2.24) is 4.90 Å². The van der Waals surface area contributed by atoms with Crippen molar-refractivity contribution in [2.75, 3.05) is 24.9 Å². The van der Waals surface area contributed by atoms with E-state index < -0.39 is 28.7 Å². The maximum atomic E-state index is 12.8. The molecule has 0 saturated carbocycles. The SMILES string of the molecule is CCCCN(CC(F)(F)F)C(=O)c1ccc(S(=O)(=O)Nc2ccccc2OC)cc1. The molecule has 0 aromatic heterocycles. The van der Waals surface area contributed by atoms with Crippen molar-refractivity contribution in [3.63, 3.8) is 0 Å². The number of methoxy groups -OCH3 is 1. The average molecular weight is 444 g/mol. The third-order valence-corrected chi connectivity index (χ3v) is 5.58. The molecule has 2 rings (SSSR count). The number of benzene rings is 2. The predicted octanol–water partition coefficient (Wildman–Crippen LogP) is 4.30. The number of sulfonamides is 1. The van der Waals surface area contributed by atoms with Crippen LogP contribution in [0, 0.1) is 0 Å². The van der Waals surface area contributed by atoms with E-state index in [4.69, 9.17) is 4.74 Å². The molecule has 2 aromatic carbocycles. The number of halogens is 3. The lowest BCUT2D eigenvalue weighted by Gasteiger charge is -2.24. The average Bonchev–Trinajstić information content (AvgIpc) is 2.70. The molecule has 164 valence electrons. The minimum atomic E-state index is -4.52. The highest BCUT2D eigenvalue weighted by molar-refractivity contribution is 7.92. The van der Waals surface area contributed by atoms with Crippen molar-refractivity contribution in [2.24, 2.45) is 0 Å². The third-order valence-electron chi connectivity index (χ3n) is 4.20. The van der Waals surface area contributed by atoms with E-state index in [1.807, 2.05) is 6.92 Å². The van der Waals surface area contributed by atoms with E-state index in [0.717, 1.165) is 4.90 Å². The van der Waals surface area contributed by atoms with Crippen LogP contribution in [0.3, 0.4) is 0 Å². The molecule has 2 aromatic rings. The summed E-state index contributed by atoms with van der Waals surface area (Å²) >= 11 is 0. The van der Waals surface area contributed by atoms with Crippen LogP contribution in [0.2, 0.25) is 0 Å². The van der Waals surface area contributed by atoms with E-state index in [2.05, 4.69) is 4.72 Å². The first-order chi connectivity index (χ1) is 14.1. The standard InChI is InChI=1S/C20H23F3N2O4S/c1-3-4-13-25(14-20(21,22)23)19(26)15-9-11-16(12-10-15)30(27,28)24-17-7-5-6-8-18(17)29-2/h5-12,24H,3-4,13-14H2,1-2H3. The Morgan fingerprint density at radius 1 is 1.10 bits per heavy atom. The second kappa shape index (κ2) is 9.84. The molecule has 0 atom stereocenters. The molecule has 10 heteroatoms. The molecule has 0 heterocycles. The van der Waals surface area contributed by atoms with Gasteiger partial charge in [-0.15, -0.1) is 0 Å². The van der Waals surface area contributed by atoms with Crippen LogP contribution in [0.15, 0.2) is 53.4 Å². The summed E-state index contributed by atoms with van der Waals surface area (Å²) in [5.41, 5.74) is 0.211. The van der Waals surface area contributed by atoms with Crippen LogP contribution in [0.1, 0.15) is 30.1 Å². The number of para-hydroxylation sites is 2. The highest BCUT2D eigenvalue weighted by Crippen LogP contribution is 2.26. The number of amides is 1. The Morgan fingerprint density at radius 2 is 1.73 bits per heavy atom. The van der Waals surface area contributed by atoms with Crippen molar-refractivity contribution in [3.05, 3.63) is 54.1 Å². The summed E-state index contributed by atoms with van der Waals surface area (Å²) in [4.78, 5) is 13.1. The van der Waals surface area contributed by atoms with Gasteiger partial charge in [-0.05, 0) is 42.8 Å². The number of nitrogens with one attached hydrogen (secondary N) is 1. The van der Waals surface area contributed by atoms with Crippen molar-refractivity contribution >= 4 is 21.6 Å². The molecule has 0 saturated heterocycles. The number of nitrogens with zero attached hydrogens (tertiary/aromatic N) is 1. The number of anilines is 1. The fourth-order valence-electron chi connectivity index (χ4n) is 2.71. The summed E-state index contributed by atoms with van der Waals surface area (Å²) in [5.74, 6) is -0.478. The monoisotopic (exact) mass is 444 g/mol. The summed E-state index contributed by atoms with van der Waals surface area (Å²) < 4.78 is 71.1. The number of alkyl halides is 3. The largest absolute Gasteiger partial charge is 0.495 e. The smallest absolute Gasteiger partial charge is 0.406 e. The van der Waals surface area contributed by atoms with Crippen molar-refractivity contribution in [3.8, 4) is 5.75 Å². The van der Waals surface area contributed by atoms with E-state index in [1.165, 1.54) is 37.4 Å². The minimum Gasteiger partial charge on any atom is -0.495 e. The number of carbonyl (C=O) groups excluding carboxylic acids is 1. The Morgan fingerprint density at radius 3 is 2.30 bits per heavy atom. The number of rotatable bonds is 9. The van der Waals surface area contributed by atoms with E-state index >= 15 is 0 Å². The van der Waals surface area contributed by atoms with Gasteiger partial charge in [-0.1, -0.05) is 25.5 Å². The first-order valence-electron chi connectivity index (χ1n) is 9.19. The van der Waals surface area contributed by atoms with Gasteiger partial charge in [0.25, 0.3) is 15.9 Å². The van der Waals surface area contributed by atoms with Gasteiger partial charge in [0.2, 0.25) is 0 Å². The van der Waals surface area contributed by atoms with Crippen molar-refractivity contribution in [2.45, 2.75) is 30.8 Å². The molecule has 30 heavy (non-hydrogen) atoms.